The fourth-order valence-electron chi connectivity index (χ4n) is 2.76. The van der Waals surface area contributed by atoms with Gasteiger partial charge in [-0.3, -0.25) is 14.2 Å². The molecule has 4 rings (SSSR count). The predicted octanol–water partition coefficient (Wildman–Crippen LogP) is 3.24. The van der Waals surface area contributed by atoms with Crippen molar-refractivity contribution in [2.75, 3.05) is 0 Å². The van der Waals surface area contributed by atoms with Crippen molar-refractivity contribution in [2.45, 2.75) is 12.5 Å². The highest BCUT2D eigenvalue weighted by molar-refractivity contribution is 7.15. The number of carbonyl (C=O) groups excluding carboxylic acids is 1. The van der Waals surface area contributed by atoms with E-state index < -0.39 is 0 Å². The molecule has 0 radical (unpaired) electrons. The van der Waals surface area contributed by atoms with Crippen LogP contribution in [0.3, 0.4) is 0 Å². The van der Waals surface area contributed by atoms with Crippen LogP contribution in [0, 0.1) is 0 Å². The van der Waals surface area contributed by atoms with Gasteiger partial charge in [0.1, 0.15) is 0 Å². The van der Waals surface area contributed by atoms with Gasteiger partial charge in [0.2, 0.25) is 5.91 Å². The van der Waals surface area contributed by atoms with Crippen LogP contribution in [0.25, 0.3) is 4.96 Å². The van der Waals surface area contributed by atoms with E-state index in [1.165, 1.54) is 0 Å². The largest absolute Gasteiger partial charge is 0.343 e. The molecule has 1 N–H and O–H groups in total. The van der Waals surface area contributed by atoms with E-state index in [0.717, 1.165) is 21.9 Å². The smallest absolute Gasteiger partial charge is 0.226 e. The van der Waals surface area contributed by atoms with E-state index in [1.807, 2.05) is 70.7 Å². The molecule has 0 saturated carbocycles. The molecule has 0 aliphatic carbocycles. The number of hydrogen-bond donors (Lipinski definition) is 1. The Morgan fingerprint density at radius 1 is 1.16 bits per heavy atom. The van der Waals surface area contributed by atoms with Crippen LogP contribution >= 0.6 is 11.3 Å². The molecule has 0 spiro atoms. The Morgan fingerprint density at radius 3 is 2.76 bits per heavy atom. The molecule has 1 aromatic carbocycles. The third-order valence-electron chi connectivity index (χ3n) is 3.91. The minimum absolute atomic E-state index is 0.0785. The van der Waals surface area contributed by atoms with Crippen molar-refractivity contribution in [3.05, 3.63) is 89.5 Å². The Kier molecular flexibility index (Phi) is 4.26. The van der Waals surface area contributed by atoms with Crippen LogP contribution in [0.5, 0.6) is 0 Å². The molecule has 4 aromatic rings. The maximum atomic E-state index is 12.6. The summed E-state index contributed by atoms with van der Waals surface area (Å²) in [6.45, 7) is 0. The van der Waals surface area contributed by atoms with Crippen LogP contribution in [0.4, 0.5) is 0 Å². The Hall–Kier alpha value is -2.99. The molecule has 25 heavy (non-hydrogen) atoms. The summed E-state index contributed by atoms with van der Waals surface area (Å²) in [5.74, 6) is -0.0785. The van der Waals surface area contributed by atoms with Gasteiger partial charge in [-0.05, 0) is 17.7 Å². The van der Waals surface area contributed by atoms with Crippen molar-refractivity contribution in [3.8, 4) is 0 Å². The van der Waals surface area contributed by atoms with Crippen LogP contribution in [-0.4, -0.2) is 20.3 Å². The third kappa shape index (κ3) is 3.44. The summed E-state index contributed by atoms with van der Waals surface area (Å²) in [7, 11) is 0. The molecule has 0 saturated heterocycles. The summed E-state index contributed by atoms with van der Waals surface area (Å²) in [5.41, 5.74) is 2.57. The fraction of sp³-hybridized carbons (Fsp3) is 0.105. The van der Waals surface area contributed by atoms with Gasteiger partial charge in [-0.25, -0.2) is 4.98 Å². The molecular formula is C19H16N4OS. The number of fused-ring (bicyclic) bond motifs is 1. The zero-order valence-electron chi connectivity index (χ0n) is 13.4. The SMILES string of the molecule is O=C(Cc1cn2ccsc2n1)N[C@@H](c1ccccc1)c1ccccn1. The molecule has 5 nitrogen and oxygen atoms in total. The lowest BCUT2D eigenvalue weighted by atomic mass is 10.0. The first-order chi connectivity index (χ1) is 12.3. The standard InChI is InChI=1S/C19H16N4OS/c24-17(12-15-13-23-10-11-25-19(23)21-15)22-18(14-6-2-1-3-7-14)16-8-4-5-9-20-16/h1-11,13,18H,12H2,(H,22,24)/t18-/m0/s1. The van der Waals surface area contributed by atoms with E-state index >= 15 is 0 Å². The first-order valence-electron chi connectivity index (χ1n) is 7.96. The molecule has 1 amide bonds. The van der Waals surface area contributed by atoms with Gasteiger partial charge in [0.25, 0.3) is 0 Å². The second kappa shape index (κ2) is 6.86. The molecule has 0 unspecified atom stereocenters. The first-order valence-corrected chi connectivity index (χ1v) is 8.84. The number of hydrogen-bond acceptors (Lipinski definition) is 4. The van der Waals surface area contributed by atoms with Crippen LogP contribution in [0.15, 0.2) is 72.5 Å². The van der Waals surface area contributed by atoms with Gasteiger partial charge in [-0.15, -0.1) is 11.3 Å². The highest BCUT2D eigenvalue weighted by atomic mass is 32.1. The molecule has 6 heteroatoms. The number of carbonyl (C=O) groups is 1. The summed E-state index contributed by atoms with van der Waals surface area (Å²) in [6.07, 6.45) is 5.81. The normalized spacial score (nSPS) is 12.2. The molecule has 3 aromatic heterocycles. The molecular weight excluding hydrogens is 332 g/mol. The van der Waals surface area contributed by atoms with Gasteiger partial charge in [0.05, 0.1) is 23.9 Å². The molecule has 0 aliphatic rings. The molecule has 1 atom stereocenters. The Labute approximate surface area is 149 Å². The molecule has 124 valence electrons. The number of pyridine rings is 1. The number of thiazole rings is 1. The van der Waals surface area contributed by atoms with E-state index in [-0.39, 0.29) is 18.4 Å². The highest BCUT2D eigenvalue weighted by Gasteiger charge is 2.18. The number of nitrogens with one attached hydrogen (secondary N) is 1. The Bertz CT molecular complexity index is 910. The molecule has 0 fully saturated rings. The molecule has 3 heterocycles. The summed E-state index contributed by atoms with van der Waals surface area (Å²) in [6, 6.07) is 15.3. The lowest BCUT2D eigenvalue weighted by molar-refractivity contribution is -0.121. The van der Waals surface area contributed by atoms with Crippen LogP contribution in [-0.2, 0) is 11.2 Å². The van der Waals surface area contributed by atoms with E-state index in [2.05, 4.69) is 15.3 Å². The number of amides is 1. The van der Waals surface area contributed by atoms with Crippen LogP contribution in [0.2, 0.25) is 0 Å². The Morgan fingerprint density at radius 2 is 2.00 bits per heavy atom. The number of rotatable bonds is 5. The van der Waals surface area contributed by atoms with Crippen LogP contribution in [0.1, 0.15) is 23.0 Å². The quantitative estimate of drug-likeness (QED) is 0.602. The van der Waals surface area contributed by atoms with Crippen molar-refractivity contribution in [2.24, 2.45) is 0 Å². The first kappa shape index (κ1) is 15.5. The zero-order chi connectivity index (χ0) is 17.1. The summed E-state index contributed by atoms with van der Waals surface area (Å²) in [5, 5.41) is 5.06. The number of benzene rings is 1. The minimum atomic E-state index is -0.279. The molecule has 0 aliphatic heterocycles. The van der Waals surface area contributed by atoms with Crippen molar-refractivity contribution in [3.63, 3.8) is 0 Å². The summed E-state index contributed by atoms with van der Waals surface area (Å²) < 4.78 is 1.93. The predicted molar refractivity (Wildman–Crippen MR) is 97.4 cm³/mol. The van der Waals surface area contributed by atoms with Gasteiger partial charge in [0.15, 0.2) is 4.96 Å². The van der Waals surface area contributed by atoms with E-state index in [9.17, 15) is 4.79 Å². The number of imidazole rings is 1. The van der Waals surface area contributed by atoms with E-state index in [0.29, 0.717) is 0 Å². The second-order valence-electron chi connectivity index (χ2n) is 5.67. The Balaban J connectivity index is 1.55. The maximum absolute atomic E-state index is 12.6. The van der Waals surface area contributed by atoms with Gasteiger partial charge in [0, 0.05) is 24.0 Å². The fourth-order valence-corrected chi connectivity index (χ4v) is 3.48. The van der Waals surface area contributed by atoms with Gasteiger partial charge in [-0.1, -0.05) is 36.4 Å². The van der Waals surface area contributed by atoms with Gasteiger partial charge < -0.3 is 5.32 Å². The highest BCUT2D eigenvalue weighted by Crippen LogP contribution is 2.20. The van der Waals surface area contributed by atoms with Crippen molar-refractivity contribution in [1.29, 1.82) is 0 Å². The van der Waals surface area contributed by atoms with Crippen LogP contribution < -0.4 is 5.32 Å². The topological polar surface area (TPSA) is 59.3 Å². The lowest BCUT2D eigenvalue weighted by Crippen LogP contribution is -2.31. The monoisotopic (exact) mass is 348 g/mol. The number of nitrogens with zero attached hydrogens (tertiary/aromatic N) is 3. The average Bonchev–Trinajstić information content (AvgIpc) is 3.23. The summed E-state index contributed by atoms with van der Waals surface area (Å²) in [4.78, 5) is 22.4. The second-order valence-corrected chi connectivity index (χ2v) is 6.54. The average molecular weight is 348 g/mol. The number of aromatic nitrogens is 3. The summed E-state index contributed by atoms with van der Waals surface area (Å²) >= 11 is 1.55. The zero-order valence-corrected chi connectivity index (χ0v) is 14.2. The van der Waals surface area contributed by atoms with E-state index in [1.54, 1.807) is 17.5 Å². The minimum Gasteiger partial charge on any atom is -0.343 e. The maximum Gasteiger partial charge on any atom is 0.226 e. The lowest BCUT2D eigenvalue weighted by Gasteiger charge is -2.18. The van der Waals surface area contributed by atoms with Gasteiger partial charge >= 0.3 is 0 Å². The van der Waals surface area contributed by atoms with Crippen molar-refractivity contribution < 1.29 is 4.79 Å². The third-order valence-corrected chi connectivity index (χ3v) is 4.68. The molecule has 0 bridgehead atoms. The van der Waals surface area contributed by atoms with Crippen molar-refractivity contribution >= 4 is 22.2 Å². The van der Waals surface area contributed by atoms with Gasteiger partial charge in [-0.2, -0.15) is 0 Å². The van der Waals surface area contributed by atoms with Crippen molar-refractivity contribution in [1.82, 2.24) is 19.7 Å². The van der Waals surface area contributed by atoms with E-state index in [4.69, 9.17) is 0 Å².